The van der Waals surface area contributed by atoms with Gasteiger partial charge in [-0.1, -0.05) is 36.4 Å². The second-order valence-corrected chi connectivity index (χ2v) is 8.25. The van der Waals surface area contributed by atoms with Crippen LogP contribution in [0.25, 0.3) is 0 Å². The summed E-state index contributed by atoms with van der Waals surface area (Å²) >= 11 is 0. The Morgan fingerprint density at radius 3 is 2.35 bits per heavy atom. The van der Waals surface area contributed by atoms with Gasteiger partial charge in [-0.15, -0.1) is 0 Å². The highest BCUT2D eigenvalue weighted by Crippen LogP contribution is 2.29. The Kier molecular flexibility index (Phi) is 8.24. The molecule has 0 aromatic heterocycles. The average Bonchev–Trinajstić information content (AvgIpc) is 2.82. The molecular weight excluding hydrogens is 431 g/mol. The van der Waals surface area contributed by atoms with Gasteiger partial charge in [0.2, 0.25) is 0 Å². The van der Waals surface area contributed by atoms with E-state index in [0.29, 0.717) is 18.8 Å². The van der Waals surface area contributed by atoms with Crippen LogP contribution in [0.2, 0.25) is 0 Å². The summed E-state index contributed by atoms with van der Waals surface area (Å²) in [6.07, 6.45) is 0. The first kappa shape index (κ1) is 24.8. The van der Waals surface area contributed by atoms with Crippen molar-refractivity contribution in [1.82, 2.24) is 10.2 Å². The van der Waals surface area contributed by atoms with Gasteiger partial charge in [-0.2, -0.15) is 0 Å². The van der Waals surface area contributed by atoms with Crippen LogP contribution >= 0.6 is 0 Å². The molecule has 34 heavy (non-hydrogen) atoms. The van der Waals surface area contributed by atoms with Gasteiger partial charge in [-0.3, -0.25) is 4.79 Å². The number of hydrogen-bond acceptors (Lipinski definition) is 3. The number of benzene rings is 3. The second-order valence-electron chi connectivity index (χ2n) is 8.25. The predicted octanol–water partition coefficient (Wildman–Crippen LogP) is 5.44. The van der Waals surface area contributed by atoms with Crippen molar-refractivity contribution in [3.8, 4) is 0 Å². The van der Waals surface area contributed by atoms with Gasteiger partial charge in [-0.05, 0) is 61.4 Å². The summed E-state index contributed by atoms with van der Waals surface area (Å²) in [6, 6.07) is 20.6. The van der Waals surface area contributed by atoms with Crippen LogP contribution in [-0.2, 0) is 6.54 Å². The number of urea groups is 1. The maximum atomic E-state index is 13.5. The fourth-order valence-electron chi connectivity index (χ4n) is 3.79. The predicted molar refractivity (Wildman–Crippen MR) is 135 cm³/mol. The van der Waals surface area contributed by atoms with Gasteiger partial charge in [0, 0.05) is 37.6 Å². The van der Waals surface area contributed by atoms with E-state index in [1.54, 1.807) is 17.0 Å². The van der Waals surface area contributed by atoms with Crippen molar-refractivity contribution in [2.75, 3.05) is 30.9 Å². The lowest BCUT2D eigenvalue weighted by Crippen LogP contribution is -2.41. The molecule has 3 amide bonds. The summed E-state index contributed by atoms with van der Waals surface area (Å²) in [6.45, 7) is 4.73. The minimum atomic E-state index is -0.469. The van der Waals surface area contributed by atoms with E-state index in [9.17, 15) is 14.0 Å². The average molecular weight is 463 g/mol. The largest absolute Gasteiger partial charge is 0.377 e. The fraction of sp³-hybridized carbons (Fsp3) is 0.259. The summed E-state index contributed by atoms with van der Waals surface area (Å²) in [4.78, 5) is 29.4. The lowest BCUT2D eigenvalue weighted by atomic mass is 10.0. The third-order valence-corrected chi connectivity index (χ3v) is 5.59. The Bertz CT molecular complexity index is 1130. The van der Waals surface area contributed by atoms with E-state index in [-0.39, 0.29) is 17.6 Å². The van der Waals surface area contributed by atoms with Crippen molar-refractivity contribution in [3.63, 3.8) is 0 Å². The Hall–Kier alpha value is -3.87. The number of amides is 3. The summed E-state index contributed by atoms with van der Waals surface area (Å²) in [5.41, 5.74) is 3.63. The number of carbonyl (C=O) groups excluding carboxylic acids is 2. The number of halogens is 1. The van der Waals surface area contributed by atoms with E-state index >= 15 is 0 Å². The number of nitrogens with zero attached hydrogens (tertiary/aromatic N) is 2. The third kappa shape index (κ3) is 6.13. The topological polar surface area (TPSA) is 64.7 Å². The normalized spacial score (nSPS) is 11.4. The molecule has 2 N–H and O–H groups in total. The van der Waals surface area contributed by atoms with Crippen molar-refractivity contribution in [3.05, 3.63) is 95.3 Å². The highest BCUT2D eigenvalue weighted by Gasteiger charge is 2.23. The van der Waals surface area contributed by atoms with Crippen LogP contribution in [-0.4, -0.2) is 37.5 Å². The van der Waals surface area contributed by atoms with Gasteiger partial charge in [0.15, 0.2) is 0 Å². The maximum absolute atomic E-state index is 13.5. The molecule has 6 nitrogen and oxygen atoms in total. The standard InChI is InChI=1S/C27H31FN4O2/c1-5-29-27(34)32(19(2)20-10-7-6-8-11-20)18-22-17-24(14-15-25(22)31(3)4)30-26(33)21-12-9-13-23(28)16-21/h6-17,19H,5,18H2,1-4H3,(H,29,34)(H,30,33)/t19-/m0/s1. The van der Waals surface area contributed by atoms with E-state index in [4.69, 9.17) is 0 Å². The lowest BCUT2D eigenvalue weighted by Gasteiger charge is -2.31. The van der Waals surface area contributed by atoms with E-state index in [1.165, 1.54) is 18.2 Å². The molecule has 178 valence electrons. The van der Waals surface area contributed by atoms with Crippen LogP contribution < -0.4 is 15.5 Å². The first-order chi connectivity index (χ1) is 16.3. The molecule has 0 unspecified atom stereocenters. The van der Waals surface area contributed by atoms with Crippen molar-refractivity contribution in [1.29, 1.82) is 0 Å². The molecule has 0 saturated carbocycles. The number of hydrogen-bond donors (Lipinski definition) is 2. The van der Waals surface area contributed by atoms with Crippen LogP contribution in [0.15, 0.2) is 72.8 Å². The quantitative estimate of drug-likeness (QED) is 0.469. The van der Waals surface area contributed by atoms with Crippen LogP contribution in [0, 0.1) is 5.82 Å². The molecule has 3 aromatic carbocycles. The van der Waals surface area contributed by atoms with Crippen LogP contribution in [0.1, 0.15) is 41.4 Å². The first-order valence-electron chi connectivity index (χ1n) is 11.3. The molecule has 0 bridgehead atoms. The van der Waals surface area contributed by atoms with Gasteiger partial charge >= 0.3 is 6.03 Å². The minimum absolute atomic E-state index is 0.169. The number of rotatable bonds is 8. The minimum Gasteiger partial charge on any atom is -0.377 e. The monoisotopic (exact) mass is 462 g/mol. The van der Waals surface area contributed by atoms with Gasteiger partial charge in [0.1, 0.15) is 5.82 Å². The molecule has 0 heterocycles. The molecule has 3 aromatic rings. The highest BCUT2D eigenvalue weighted by atomic mass is 19.1. The zero-order valence-electron chi connectivity index (χ0n) is 20.0. The Labute approximate surface area is 200 Å². The molecular formula is C27H31FN4O2. The van der Waals surface area contributed by atoms with Crippen molar-refractivity contribution in [2.24, 2.45) is 0 Å². The zero-order chi connectivity index (χ0) is 24.7. The molecule has 0 aliphatic heterocycles. The number of nitrogens with one attached hydrogen (secondary N) is 2. The lowest BCUT2D eigenvalue weighted by molar-refractivity contribution is 0.102. The first-order valence-corrected chi connectivity index (χ1v) is 11.3. The zero-order valence-corrected chi connectivity index (χ0v) is 20.0. The molecule has 0 aliphatic rings. The van der Waals surface area contributed by atoms with E-state index in [1.807, 2.05) is 75.3 Å². The summed E-state index contributed by atoms with van der Waals surface area (Å²) in [5.74, 6) is -0.870. The summed E-state index contributed by atoms with van der Waals surface area (Å²) in [5, 5.41) is 5.74. The highest BCUT2D eigenvalue weighted by molar-refractivity contribution is 6.04. The SMILES string of the molecule is CCNC(=O)N(Cc1cc(NC(=O)c2cccc(F)c2)ccc1N(C)C)[C@@H](C)c1ccccc1. The van der Waals surface area contributed by atoms with Crippen molar-refractivity contribution in [2.45, 2.75) is 26.4 Å². The van der Waals surface area contributed by atoms with E-state index in [0.717, 1.165) is 16.8 Å². The molecule has 0 aliphatic carbocycles. The molecule has 7 heteroatoms. The van der Waals surface area contributed by atoms with Gasteiger partial charge in [0.25, 0.3) is 5.91 Å². The van der Waals surface area contributed by atoms with Crippen LogP contribution in [0.5, 0.6) is 0 Å². The van der Waals surface area contributed by atoms with Gasteiger partial charge in [0.05, 0.1) is 12.6 Å². The molecule has 0 radical (unpaired) electrons. The van der Waals surface area contributed by atoms with E-state index in [2.05, 4.69) is 10.6 Å². The molecule has 3 rings (SSSR count). The maximum Gasteiger partial charge on any atom is 0.318 e. The van der Waals surface area contributed by atoms with Crippen molar-refractivity contribution < 1.29 is 14.0 Å². The molecule has 0 fully saturated rings. The fourth-order valence-corrected chi connectivity index (χ4v) is 3.79. The Morgan fingerprint density at radius 1 is 0.971 bits per heavy atom. The molecule has 1 atom stereocenters. The van der Waals surface area contributed by atoms with Crippen LogP contribution in [0.3, 0.4) is 0 Å². The van der Waals surface area contributed by atoms with Gasteiger partial charge in [-0.25, -0.2) is 9.18 Å². The Balaban J connectivity index is 1.92. The third-order valence-electron chi connectivity index (χ3n) is 5.59. The number of carbonyl (C=O) groups is 2. The summed E-state index contributed by atoms with van der Waals surface area (Å²) in [7, 11) is 3.86. The molecule has 0 saturated heterocycles. The van der Waals surface area contributed by atoms with Crippen molar-refractivity contribution >= 4 is 23.3 Å². The van der Waals surface area contributed by atoms with E-state index < -0.39 is 11.7 Å². The molecule has 0 spiro atoms. The number of anilines is 2. The smallest absolute Gasteiger partial charge is 0.318 e. The van der Waals surface area contributed by atoms with Crippen LogP contribution in [0.4, 0.5) is 20.6 Å². The van der Waals surface area contributed by atoms with Gasteiger partial charge < -0.3 is 20.4 Å². The Morgan fingerprint density at radius 2 is 1.71 bits per heavy atom. The second kappa shape index (κ2) is 11.3. The summed E-state index contributed by atoms with van der Waals surface area (Å²) < 4.78 is 13.5.